The highest BCUT2D eigenvalue weighted by Gasteiger charge is 2.85. The highest BCUT2D eigenvalue weighted by atomic mass is 32.2. The highest BCUT2D eigenvalue weighted by molar-refractivity contribution is 7.89. The van der Waals surface area contributed by atoms with Crippen molar-refractivity contribution in [3.05, 3.63) is 41.6 Å². The van der Waals surface area contributed by atoms with Gasteiger partial charge in [0, 0.05) is 17.9 Å². The molecule has 0 amide bonds. The molecule has 1 aromatic carbocycles. The third kappa shape index (κ3) is 3.42. The van der Waals surface area contributed by atoms with Gasteiger partial charge in [-0.1, -0.05) is 49.1 Å². The van der Waals surface area contributed by atoms with Crippen molar-refractivity contribution in [1.29, 1.82) is 0 Å². The van der Waals surface area contributed by atoms with E-state index in [1.54, 1.807) is 13.0 Å². The van der Waals surface area contributed by atoms with Crippen LogP contribution in [0.3, 0.4) is 0 Å². The lowest BCUT2D eigenvalue weighted by molar-refractivity contribution is -0.227. The summed E-state index contributed by atoms with van der Waals surface area (Å²) in [4.78, 5) is 12.4. The number of piperidine rings is 1. The van der Waals surface area contributed by atoms with Crippen LogP contribution < -0.4 is 0 Å². The van der Waals surface area contributed by atoms with Crippen molar-refractivity contribution >= 4 is 24.1 Å². The molecule has 1 saturated carbocycles. The van der Waals surface area contributed by atoms with Crippen LogP contribution >= 0.6 is 0 Å². The summed E-state index contributed by atoms with van der Waals surface area (Å²) < 4.78 is 75.1. The molecule has 1 saturated heterocycles. The Balaban J connectivity index is 2.20. The summed E-state index contributed by atoms with van der Waals surface area (Å²) in [6.07, 6.45) is -3.34. The zero-order valence-electron chi connectivity index (χ0n) is 17.6. The maximum Gasteiger partial charge on any atom is 0.418 e. The molecule has 0 N–H and O–H groups in total. The first-order valence-electron chi connectivity index (χ1n) is 9.57. The molecule has 0 aromatic heterocycles. The van der Waals surface area contributed by atoms with Gasteiger partial charge in [-0.3, -0.25) is 0 Å². The Labute approximate surface area is 176 Å². The summed E-state index contributed by atoms with van der Waals surface area (Å²) in [6, 6.07) is 5.55. The third-order valence-corrected chi connectivity index (χ3v) is 8.94. The van der Waals surface area contributed by atoms with Crippen LogP contribution in [-0.4, -0.2) is 52.1 Å². The molecule has 2 fully saturated rings. The molecule has 0 radical (unpaired) electrons. The van der Waals surface area contributed by atoms with Gasteiger partial charge in [0.05, 0.1) is 20.1 Å². The predicted molar refractivity (Wildman–Crippen MR) is 109 cm³/mol. The molecule has 166 valence electrons. The smallest absolute Gasteiger partial charge is 0.418 e. The molecule has 5 nitrogen and oxygen atoms in total. The second-order valence-electron chi connectivity index (χ2n) is 9.27. The molecular formula is C20H26F3NO4SSi. The van der Waals surface area contributed by atoms with Gasteiger partial charge in [0.25, 0.3) is 0 Å². The zero-order valence-corrected chi connectivity index (χ0v) is 19.4. The maximum atomic E-state index is 14.5. The Morgan fingerprint density at radius 3 is 2.27 bits per heavy atom. The number of methoxy groups -OCH3 is 1. The van der Waals surface area contributed by atoms with Crippen molar-refractivity contribution in [2.24, 2.45) is 11.3 Å². The van der Waals surface area contributed by atoms with Crippen LogP contribution in [0.1, 0.15) is 12.0 Å². The molecule has 1 aliphatic heterocycles. The molecule has 1 aromatic rings. The number of ether oxygens (including phenoxy) is 1. The van der Waals surface area contributed by atoms with Crippen molar-refractivity contribution in [2.75, 3.05) is 13.7 Å². The summed E-state index contributed by atoms with van der Waals surface area (Å²) in [5.41, 5.74) is -1.59. The van der Waals surface area contributed by atoms with Crippen LogP contribution in [0.5, 0.6) is 0 Å². The summed E-state index contributed by atoms with van der Waals surface area (Å²) in [7, 11) is -5.51. The number of aryl methyl sites for hydroxylation is 1. The van der Waals surface area contributed by atoms with Gasteiger partial charge < -0.3 is 4.74 Å². The first-order chi connectivity index (χ1) is 13.6. The number of carbonyl (C=O) groups is 1. The maximum absolute atomic E-state index is 14.5. The molecule has 0 unspecified atom stereocenters. The lowest BCUT2D eigenvalue weighted by Gasteiger charge is -2.38. The Hall–Kier alpha value is -1.65. The Kier molecular flexibility index (Phi) is 5.32. The summed E-state index contributed by atoms with van der Waals surface area (Å²) in [6.45, 7) is 7.43. The fourth-order valence-corrected chi connectivity index (χ4v) is 6.91. The number of hydrogen-bond donors (Lipinski definition) is 0. The molecule has 2 aliphatic rings. The fourth-order valence-electron chi connectivity index (χ4n) is 4.24. The number of benzene rings is 1. The fraction of sp³-hybridized carbons (Fsp3) is 0.550. The number of nitrogens with zero attached hydrogens (tertiary/aromatic N) is 1. The van der Waals surface area contributed by atoms with Crippen LogP contribution in [-0.2, 0) is 19.6 Å². The third-order valence-electron chi connectivity index (χ3n) is 5.91. The SMILES string of the molecule is COC(=O)[C@]1(C(F)(F)F)[C@H]2C[C@@]2(/C=C\[Si](C)(C)C)CN1S(=O)(=O)c1ccc(C)cc1. The van der Waals surface area contributed by atoms with Crippen LogP contribution in [0.2, 0.25) is 19.6 Å². The van der Waals surface area contributed by atoms with E-state index in [1.807, 2.05) is 25.3 Å². The lowest BCUT2D eigenvalue weighted by atomic mass is 9.91. The van der Waals surface area contributed by atoms with Gasteiger partial charge in [0.15, 0.2) is 0 Å². The van der Waals surface area contributed by atoms with Gasteiger partial charge in [0.2, 0.25) is 15.6 Å². The molecule has 10 heteroatoms. The second kappa shape index (κ2) is 6.93. The van der Waals surface area contributed by atoms with E-state index in [1.165, 1.54) is 24.3 Å². The minimum atomic E-state index is -5.13. The van der Waals surface area contributed by atoms with E-state index < -0.39 is 53.7 Å². The van der Waals surface area contributed by atoms with E-state index >= 15 is 0 Å². The second-order valence-corrected chi connectivity index (χ2v) is 16.2. The van der Waals surface area contributed by atoms with Crippen molar-refractivity contribution in [3.63, 3.8) is 0 Å². The number of rotatable bonds is 5. The quantitative estimate of drug-likeness (QED) is 0.493. The minimum Gasteiger partial charge on any atom is -0.467 e. The van der Waals surface area contributed by atoms with Crippen molar-refractivity contribution in [1.82, 2.24) is 4.31 Å². The average molecular weight is 462 g/mol. The van der Waals surface area contributed by atoms with Crippen LogP contribution in [0.25, 0.3) is 0 Å². The topological polar surface area (TPSA) is 63.7 Å². The molecule has 3 rings (SSSR count). The van der Waals surface area contributed by atoms with Gasteiger partial charge in [0.1, 0.15) is 0 Å². The van der Waals surface area contributed by atoms with Crippen LogP contribution in [0.4, 0.5) is 13.2 Å². The van der Waals surface area contributed by atoms with E-state index in [0.717, 1.165) is 12.7 Å². The molecular weight excluding hydrogens is 435 g/mol. The molecule has 30 heavy (non-hydrogen) atoms. The summed E-state index contributed by atoms with van der Waals surface area (Å²) >= 11 is 0. The van der Waals surface area contributed by atoms with Gasteiger partial charge in [-0.05, 0) is 25.5 Å². The molecule has 1 aliphatic carbocycles. The van der Waals surface area contributed by atoms with E-state index in [-0.39, 0.29) is 11.3 Å². The number of hydrogen-bond acceptors (Lipinski definition) is 4. The van der Waals surface area contributed by atoms with Crippen molar-refractivity contribution < 1.29 is 31.1 Å². The molecule has 0 bridgehead atoms. The predicted octanol–water partition coefficient (Wildman–Crippen LogP) is 3.91. The Morgan fingerprint density at radius 2 is 1.80 bits per heavy atom. The minimum absolute atomic E-state index is 0.0858. The van der Waals surface area contributed by atoms with E-state index in [9.17, 15) is 26.4 Å². The Bertz CT molecular complexity index is 985. The van der Waals surface area contributed by atoms with Gasteiger partial charge in [-0.2, -0.15) is 17.5 Å². The normalized spacial score (nSPS) is 29.8. The van der Waals surface area contributed by atoms with Crippen molar-refractivity contribution in [2.45, 2.75) is 49.6 Å². The number of carbonyl (C=O) groups excluding carboxylic acids is 1. The monoisotopic (exact) mass is 461 g/mol. The standard InChI is InChI=1S/C20H26F3NO4SSi/c1-14-6-8-15(9-7-14)29(26,27)24-13-18(10-11-30(3,4)5)12-16(18)19(24,17(25)28-2)20(21,22)23/h6-11,16H,12-13H2,1-5H3/b11-10-/t16-,18-,19-/m0/s1. The van der Waals surface area contributed by atoms with Gasteiger partial charge in [-0.25, -0.2) is 13.2 Å². The van der Waals surface area contributed by atoms with Crippen LogP contribution in [0, 0.1) is 18.3 Å². The van der Waals surface area contributed by atoms with E-state index in [2.05, 4.69) is 4.74 Å². The van der Waals surface area contributed by atoms with Gasteiger partial charge >= 0.3 is 12.1 Å². The van der Waals surface area contributed by atoms with Crippen molar-refractivity contribution in [3.8, 4) is 0 Å². The number of halogens is 3. The highest BCUT2D eigenvalue weighted by Crippen LogP contribution is 2.70. The largest absolute Gasteiger partial charge is 0.467 e. The first kappa shape index (κ1) is 23.0. The molecule has 1 heterocycles. The zero-order chi connectivity index (χ0) is 22.8. The number of fused-ring (bicyclic) bond motifs is 1. The van der Waals surface area contributed by atoms with E-state index in [0.29, 0.717) is 4.31 Å². The molecule has 0 spiro atoms. The summed E-state index contributed by atoms with van der Waals surface area (Å²) in [5.74, 6) is -2.80. The lowest BCUT2D eigenvalue weighted by Crippen LogP contribution is -2.65. The number of esters is 1. The first-order valence-corrected chi connectivity index (χ1v) is 14.6. The number of alkyl halides is 3. The van der Waals surface area contributed by atoms with Gasteiger partial charge in [-0.15, -0.1) is 0 Å². The molecule has 3 atom stereocenters. The van der Waals surface area contributed by atoms with Crippen LogP contribution in [0.15, 0.2) is 40.9 Å². The summed E-state index contributed by atoms with van der Waals surface area (Å²) in [5, 5.41) is 0. The average Bonchev–Trinajstić information content (AvgIpc) is 3.25. The number of sulfonamides is 1. The Morgan fingerprint density at radius 1 is 1.23 bits per heavy atom. The van der Waals surface area contributed by atoms with E-state index in [4.69, 9.17) is 0 Å².